The number of benzene rings is 1. The van der Waals surface area contributed by atoms with E-state index in [9.17, 15) is 0 Å². The third kappa shape index (κ3) is 3.21. The van der Waals surface area contributed by atoms with Crippen molar-refractivity contribution in [2.24, 2.45) is 5.92 Å². The molecule has 3 nitrogen and oxygen atoms in total. The Bertz CT molecular complexity index is 542. The topological polar surface area (TPSA) is 29.9 Å². The van der Waals surface area contributed by atoms with Crippen LogP contribution in [0.2, 0.25) is 0 Å². The van der Waals surface area contributed by atoms with Gasteiger partial charge in [-0.3, -0.25) is 0 Å². The third-order valence-electron chi connectivity index (χ3n) is 4.51. The first-order valence-corrected chi connectivity index (χ1v) is 7.96. The molecule has 1 unspecified atom stereocenters. The molecule has 0 bridgehead atoms. The third-order valence-corrected chi connectivity index (χ3v) is 4.51. The van der Waals surface area contributed by atoms with Crippen LogP contribution in [-0.4, -0.2) is 22.1 Å². The molecule has 0 amide bonds. The molecule has 1 fully saturated rings. The molecule has 0 radical (unpaired) electrons. The van der Waals surface area contributed by atoms with E-state index in [2.05, 4.69) is 40.0 Å². The number of hydrogen-bond acceptors (Lipinski definition) is 2. The van der Waals surface area contributed by atoms with Crippen LogP contribution in [0.5, 0.6) is 0 Å². The van der Waals surface area contributed by atoms with Crippen molar-refractivity contribution in [2.45, 2.75) is 51.6 Å². The summed E-state index contributed by atoms with van der Waals surface area (Å²) in [6.07, 6.45) is 8.83. The lowest BCUT2D eigenvalue weighted by Gasteiger charge is -2.28. The molecule has 1 aromatic carbocycles. The summed E-state index contributed by atoms with van der Waals surface area (Å²) in [4.78, 5) is 4.43. The van der Waals surface area contributed by atoms with Crippen LogP contribution < -0.4 is 5.32 Å². The lowest BCUT2D eigenvalue weighted by Crippen LogP contribution is -2.31. The number of nitrogens with zero attached hydrogens (tertiary/aromatic N) is 2. The Morgan fingerprint density at radius 2 is 2.20 bits per heavy atom. The monoisotopic (exact) mass is 271 g/mol. The quantitative estimate of drug-likeness (QED) is 0.780. The number of hydrogen-bond donors (Lipinski definition) is 1. The van der Waals surface area contributed by atoms with Crippen molar-refractivity contribution in [1.29, 1.82) is 0 Å². The van der Waals surface area contributed by atoms with Gasteiger partial charge in [-0.05, 0) is 44.4 Å². The molecule has 108 valence electrons. The molecule has 20 heavy (non-hydrogen) atoms. The number of nitrogens with one attached hydrogen (secondary N) is 1. The summed E-state index contributed by atoms with van der Waals surface area (Å²) in [5.41, 5.74) is 2.34. The second kappa shape index (κ2) is 6.40. The largest absolute Gasteiger partial charge is 0.331 e. The van der Waals surface area contributed by atoms with E-state index in [1.54, 1.807) is 0 Å². The normalized spacial score (nSPS) is 17.2. The maximum Gasteiger partial charge on any atom is 0.0958 e. The van der Waals surface area contributed by atoms with Crippen molar-refractivity contribution in [3.63, 3.8) is 0 Å². The van der Waals surface area contributed by atoms with Gasteiger partial charge < -0.3 is 9.88 Å². The SMILES string of the molecule is CC(CC1CCC1)NCCCn1cnc2ccccc21. The van der Waals surface area contributed by atoms with E-state index in [-0.39, 0.29) is 0 Å². The highest BCUT2D eigenvalue weighted by molar-refractivity contribution is 5.74. The van der Waals surface area contributed by atoms with Crippen LogP contribution in [0.3, 0.4) is 0 Å². The molecule has 1 heterocycles. The maximum absolute atomic E-state index is 4.43. The number of aromatic nitrogens is 2. The van der Waals surface area contributed by atoms with Gasteiger partial charge >= 0.3 is 0 Å². The van der Waals surface area contributed by atoms with Gasteiger partial charge in [0.2, 0.25) is 0 Å². The Labute approximate surface area is 121 Å². The van der Waals surface area contributed by atoms with E-state index < -0.39 is 0 Å². The molecule has 0 aliphatic heterocycles. The molecule has 0 saturated heterocycles. The van der Waals surface area contributed by atoms with Crippen molar-refractivity contribution in [3.05, 3.63) is 30.6 Å². The molecule has 1 N–H and O–H groups in total. The molecular formula is C17H25N3. The molecule has 1 aliphatic rings. The van der Waals surface area contributed by atoms with Crippen molar-refractivity contribution < 1.29 is 0 Å². The minimum absolute atomic E-state index is 0.667. The standard InChI is InChI=1S/C17H25N3/c1-14(12-15-6-4-7-15)18-10-5-11-20-13-19-16-8-2-3-9-17(16)20/h2-3,8-9,13-15,18H,4-7,10-12H2,1H3. The average molecular weight is 271 g/mol. The first-order valence-electron chi connectivity index (χ1n) is 7.96. The van der Waals surface area contributed by atoms with Crippen molar-refractivity contribution in [3.8, 4) is 0 Å². The van der Waals surface area contributed by atoms with E-state index in [0.717, 1.165) is 30.9 Å². The molecule has 3 rings (SSSR count). The van der Waals surface area contributed by atoms with Gasteiger partial charge in [-0.2, -0.15) is 0 Å². The highest BCUT2D eigenvalue weighted by atomic mass is 15.0. The zero-order valence-corrected chi connectivity index (χ0v) is 12.4. The van der Waals surface area contributed by atoms with Gasteiger partial charge in [0, 0.05) is 12.6 Å². The lowest BCUT2D eigenvalue weighted by molar-refractivity contribution is 0.265. The zero-order valence-electron chi connectivity index (χ0n) is 12.4. The zero-order chi connectivity index (χ0) is 13.8. The number of rotatable bonds is 7. The van der Waals surface area contributed by atoms with Gasteiger partial charge in [0.1, 0.15) is 0 Å². The van der Waals surface area contributed by atoms with E-state index in [4.69, 9.17) is 0 Å². The van der Waals surface area contributed by atoms with Crippen LogP contribution in [-0.2, 0) is 6.54 Å². The van der Waals surface area contributed by atoms with E-state index >= 15 is 0 Å². The Kier molecular flexibility index (Phi) is 4.36. The summed E-state index contributed by atoms with van der Waals surface area (Å²) in [5, 5.41) is 3.66. The van der Waals surface area contributed by atoms with Crippen molar-refractivity contribution >= 4 is 11.0 Å². The average Bonchev–Trinajstić information content (AvgIpc) is 2.83. The Morgan fingerprint density at radius 1 is 1.35 bits per heavy atom. The molecular weight excluding hydrogens is 246 g/mol. The summed E-state index contributed by atoms with van der Waals surface area (Å²) in [6, 6.07) is 9.02. The van der Waals surface area contributed by atoms with Crippen LogP contribution in [0.1, 0.15) is 39.0 Å². The fraction of sp³-hybridized carbons (Fsp3) is 0.588. The van der Waals surface area contributed by atoms with Crippen LogP contribution in [0.4, 0.5) is 0 Å². The summed E-state index contributed by atoms with van der Waals surface area (Å²) in [5.74, 6) is 0.995. The smallest absolute Gasteiger partial charge is 0.0958 e. The number of fused-ring (bicyclic) bond motifs is 1. The van der Waals surface area contributed by atoms with Crippen molar-refractivity contribution in [2.75, 3.05) is 6.54 Å². The van der Waals surface area contributed by atoms with Crippen LogP contribution in [0.15, 0.2) is 30.6 Å². The predicted molar refractivity (Wildman–Crippen MR) is 83.8 cm³/mol. The van der Waals surface area contributed by atoms with Gasteiger partial charge in [0.05, 0.1) is 17.4 Å². The summed E-state index contributed by atoms with van der Waals surface area (Å²) in [7, 11) is 0. The van der Waals surface area contributed by atoms with Crippen molar-refractivity contribution in [1.82, 2.24) is 14.9 Å². The van der Waals surface area contributed by atoms with Gasteiger partial charge in [-0.15, -0.1) is 0 Å². The van der Waals surface area contributed by atoms with Crippen LogP contribution in [0.25, 0.3) is 11.0 Å². The first-order chi connectivity index (χ1) is 9.83. The number of para-hydroxylation sites is 2. The Hall–Kier alpha value is -1.35. The second-order valence-electron chi connectivity index (χ2n) is 6.17. The highest BCUT2D eigenvalue weighted by Gasteiger charge is 2.19. The summed E-state index contributed by atoms with van der Waals surface area (Å²) >= 11 is 0. The van der Waals surface area contributed by atoms with E-state index in [1.807, 2.05) is 12.4 Å². The van der Waals surface area contributed by atoms with Gasteiger partial charge in [-0.1, -0.05) is 31.4 Å². The Balaban J connectivity index is 1.41. The first kappa shape index (κ1) is 13.6. The fourth-order valence-corrected chi connectivity index (χ4v) is 3.10. The molecule has 1 saturated carbocycles. The minimum atomic E-state index is 0.667. The predicted octanol–water partition coefficient (Wildman–Crippen LogP) is 3.59. The van der Waals surface area contributed by atoms with Gasteiger partial charge in [0.25, 0.3) is 0 Å². The van der Waals surface area contributed by atoms with Gasteiger partial charge in [0.15, 0.2) is 0 Å². The van der Waals surface area contributed by atoms with E-state index in [1.165, 1.54) is 31.2 Å². The molecule has 2 aromatic rings. The number of imidazole rings is 1. The van der Waals surface area contributed by atoms with E-state index in [0.29, 0.717) is 6.04 Å². The minimum Gasteiger partial charge on any atom is -0.331 e. The lowest BCUT2D eigenvalue weighted by atomic mass is 9.81. The second-order valence-corrected chi connectivity index (χ2v) is 6.17. The molecule has 3 heteroatoms. The Morgan fingerprint density at radius 3 is 3.00 bits per heavy atom. The molecule has 0 spiro atoms. The summed E-state index contributed by atoms with van der Waals surface area (Å²) in [6.45, 7) is 4.47. The summed E-state index contributed by atoms with van der Waals surface area (Å²) < 4.78 is 2.26. The molecule has 1 aliphatic carbocycles. The van der Waals surface area contributed by atoms with Crippen LogP contribution in [0, 0.1) is 5.92 Å². The highest BCUT2D eigenvalue weighted by Crippen LogP contribution is 2.30. The maximum atomic E-state index is 4.43. The van der Waals surface area contributed by atoms with Crippen LogP contribution >= 0.6 is 0 Å². The number of aryl methyl sites for hydroxylation is 1. The molecule has 1 atom stereocenters. The fourth-order valence-electron chi connectivity index (χ4n) is 3.10. The molecule has 1 aromatic heterocycles. The van der Waals surface area contributed by atoms with Gasteiger partial charge in [-0.25, -0.2) is 4.98 Å².